The fourth-order valence-corrected chi connectivity index (χ4v) is 2.50. The van der Waals surface area contributed by atoms with E-state index < -0.39 is 0 Å². The number of aryl methyl sites for hydroxylation is 2. The molecule has 2 aromatic rings. The summed E-state index contributed by atoms with van der Waals surface area (Å²) in [6.07, 6.45) is 0. The molecule has 0 radical (unpaired) electrons. The Labute approximate surface area is 126 Å². The fraction of sp³-hybridized carbons (Fsp3) is 0.333. The molecule has 0 spiro atoms. The number of hydrogen-bond donors (Lipinski definition) is 1. The highest BCUT2D eigenvalue weighted by molar-refractivity contribution is 5.30. The van der Waals surface area contributed by atoms with Crippen LogP contribution >= 0.6 is 0 Å². The number of methoxy groups -OCH3 is 1. The Bertz CT molecular complexity index is 560. The summed E-state index contributed by atoms with van der Waals surface area (Å²) in [6.45, 7) is 4.89. The number of halogens is 1. The second-order valence-corrected chi connectivity index (χ2v) is 5.34. The molecule has 0 aromatic heterocycles. The van der Waals surface area contributed by atoms with Crippen LogP contribution in [0.4, 0.5) is 4.39 Å². The second kappa shape index (κ2) is 7.34. The molecule has 0 aliphatic heterocycles. The quantitative estimate of drug-likeness (QED) is 0.869. The van der Waals surface area contributed by atoms with E-state index in [-0.39, 0.29) is 11.9 Å². The molecule has 0 aliphatic rings. The van der Waals surface area contributed by atoms with Gasteiger partial charge in [-0.3, -0.25) is 0 Å². The van der Waals surface area contributed by atoms with Gasteiger partial charge in [0.15, 0.2) is 0 Å². The van der Waals surface area contributed by atoms with E-state index in [9.17, 15) is 4.39 Å². The van der Waals surface area contributed by atoms with Gasteiger partial charge in [-0.25, -0.2) is 4.39 Å². The molecule has 2 aromatic carbocycles. The first-order valence-corrected chi connectivity index (χ1v) is 7.14. The van der Waals surface area contributed by atoms with Crippen molar-refractivity contribution in [3.63, 3.8) is 0 Å². The molecular formula is C18H22FNO. The molecule has 2 nitrogen and oxygen atoms in total. The number of hydrogen-bond acceptors (Lipinski definition) is 2. The average molecular weight is 287 g/mol. The third-order valence-electron chi connectivity index (χ3n) is 3.58. The Morgan fingerprint density at radius 1 is 1.10 bits per heavy atom. The molecule has 0 fully saturated rings. The van der Waals surface area contributed by atoms with Crippen molar-refractivity contribution in [1.82, 2.24) is 5.32 Å². The van der Waals surface area contributed by atoms with Crippen molar-refractivity contribution in [3.05, 3.63) is 70.5 Å². The number of nitrogens with one attached hydrogen (secondary N) is 1. The first-order valence-electron chi connectivity index (χ1n) is 7.14. The van der Waals surface area contributed by atoms with Crippen molar-refractivity contribution in [2.75, 3.05) is 13.7 Å². The maximum atomic E-state index is 13.7. The molecule has 0 aliphatic carbocycles. The van der Waals surface area contributed by atoms with Gasteiger partial charge in [-0.15, -0.1) is 0 Å². The monoisotopic (exact) mass is 287 g/mol. The fourth-order valence-electron chi connectivity index (χ4n) is 2.50. The van der Waals surface area contributed by atoms with E-state index in [4.69, 9.17) is 4.74 Å². The minimum Gasteiger partial charge on any atom is -0.383 e. The molecule has 1 unspecified atom stereocenters. The Kier molecular flexibility index (Phi) is 5.48. The highest BCUT2D eigenvalue weighted by atomic mass is 19.1. The summed E-state index contributed by atoms with van der Waals surface area (Å²) in [5.74, 6) is -0.116. The van der Waals surface area contributed by atoms with E-state index in [1.807, 2.05) is 30.3 Å². The first kappa shape index (κ1) is 15.7. The zero-order chi connectivity index (χ0) is 15.2. The van der Waals surface area contributed by atoms with Gasteiger partial charge in [0, 0.05) is 13.7 Å². The Balaban J connectivity index is 2.09. The van der Waals surface area contributed by atoms with Crippen molar-refractivity contribution in [2.24, 2.45) is 0 Å². The van der Waals surface area contributed by atoms with Crippen molar-refractivity contribution in [3.8, 4) is 0 Å². The molecule has 1 atom stereocenters. The third kappa shape index (κ3) is 4.13. The lowest BCUT2D eigenvalue weighted by Gasteiger charge is -2.19. The molecule has 2 rings (SSSR count). The van der Waals surface area contributed by atoms with Crippen molar-refractivity contribution in [2.45, 2.75) is 26.4 Å². The first-order chi connectivity index (χ1) is 10.1. The van der Waals surface area contributed by atoms with Gasteiger partial charge in [-0.1, -0.05) is 42.5 Å². The van der Waals surface area contributed by atoms with Crippen LogP contribution in [0.3, 0.4) is 0 Å². The summed E-state index contributed by atoms with van der Waals surface area (Å²) in [4.78, 5) is 0. The number of rotatable bonds is 6. The van der Waals surface area contributed by atoms with Crippen LogP contribution in [0, 0.1) is 19.7 Å². The standard InChI is InChI=1S/C18H22FNO/c1-13-9-15(10-14(2)18(13)19)11-20-17(12-21-3)16-7-5-4-6-8-16/h4-10,17,20H,11-12H2,1-3H3. The maximum absolute atomic E-state index is 13.7. The van der Waals surface area contributed by atoms with E-state index in [0.717, 1.165) is 5.56 Å². The predicted molar refractivity (Wildman–Crippen MR) is 83.8 cm³/mol. The molecule has 0 saturated heterocycles. The van der Waals surface area contributed by atoms with Crippen LogP contribution in [0.25, 0.3) is 0 Å². The van der Waals surface area contributed by atoms with Gasteiger partial charge >= 0.3 is 0 Å². The van der Waals surface area contributed by atoms with Gasteiger partial charge in [0.05, 0.1) is 12.6 Å². The maximum Gasteiger partial charge on any atom is 0.129 e. The van der Waals surface area contributed by atoms with E-state index in [1.54, 1.807) is 21.0 Å². The summed E-state index contributed by atoms with van der Waals surface area (Å²) >= 11 is 0. The van der Waals surface area contributed by atoms with Gasteiger partial charge in [-0.05, 0) is 36.1 Å². The normalized spacial score (nSPS) is 12.4. The zero-order valence-corrected chi connectivity index (χ0v) is 12.8. The van der Waals surface area contributed by atoms with E-state index in [1.165, 1.54) is 5.56 Å². The summed E-state index contributed by atoms with van der Waals surface area (Å²) in [5.41, 5.74) is 3.66. The lowest BCUT2D eigenvalue weighted by molar-refractivity contribution is 0.166. The van der Waals surface area contributed by atoms with Crippen molar-refractivity contribution in [1.29, 1.82) is 0 Å². The molecule has 0 heterocycles. The van der Waals surface area contributed by atoms with E-state index in [0.29, 0.717) is 24.3 Å². The molecule has 0 bridgehead atoms. The van der Waals surface area contributed by atoms with Gasteiger partial charge in [-0.2, -0.15) is 0 Å². The molecule has 0 amide bonds. The van der Waals surface area contributed by atoms with Crippen molar-refractivity contribution >= 4 is 0 Å². The van der Waals surface area contributed by atoms with Crippen LogP contribution in [0.5, 0.6) is 0 Å². The number of ether oxygens (including phenoxy) is 1. The Morgan fingerprint density at radius 3 is 2.29 bits per heavy atom. The summed E-state index contributed by atoms with van der Waals surface area (Å²) in [7, 11) is 1.70. The van der Waals surface area contributed by atoms with Crippen LogP contribution in [0.15, 0.2) is 42.5 Å². The Hall–Kier alpha value is -1.71. The second-order valence-electron chi connectivity index (χ2n) is 5.34. The van der Waals surface area contributed by atoms with Gasteiger partial charge < -0.3 is 10.1 Å². The number of benzene rings is 2. The van der Waals surface area contributed by atoms with Gasteiger partial charge in [0.2, 0.25) is 0 Å². The topological polar surface area (TPSA) is 21.3 Å². The summed E-state index contributed by atoms with van der Waals surface area (Å²) in [6, 6.07) is 14.1. The molecule has 0 saturated carbocycles. The van der Waals surface area contributed by atoms with Crippen LogP contribution in [-0.2, 0) is 11.3 Å². The largest absolute Gasteiger partial charge is 0.383 e. The SMILES string of the molecule is COCC(NCc1cc(C)c(F)c(C)c1)c1ccccc1. The van der Waals surface area contributed by atoms with Crippen LogP contribution in [0.2, 0.25) is 0 Å². The third-order valence-corrected chi connectivity index (χ3v) is 3.58. The molecule has 21 heavy (non-hydrogen) atoms. The highest BCUT2D eigenvalue weighted by Gasteiger charge is 2.11. The van der Waals surface area contributed by atoms with Gasteiger partial charge in [0.25, 0.3) is 0 Å². The molecule has 112 valence electrons. The van der Waals surface area contributed by atoms with E-state index >= 15 is 0 Å². The lowest BCUT2D eigenvalue weighted by Crippen LogP contribution is -2.25. The Morgan fingerprint density at radius 2 is 1.71 bits per heavy atom. The molecule has 1 N–H and O–H groups in total. The molecule has 3 heteroatoms. The highest BCUT2D eigenvalue weighted by Crippen LogP contribution is 2.17. The summed E-state index contributed by atoms with van der Waals surface area (Å²) < 4.78 is 18.9. The average Bonchev–Trinajstić information content (AvgIpc) is 2.49. The van der Waals surface area contributed by atoms with Crippen LogP contribution < -0.4 is 5.32 Å². The van der Waals surface area contributed by atoms with Crippen molar-refractivity contribution < 1.29 is 9.13 Å². The van der Waals surface area contributed by atoms with Crippen LogP contribution in [-0.4, -0.2) is 13.7 Å². The minimum absolute atomic E-state index is 0.116. The van der Waals surface area contributed by atoms with Gasteiger partial charge in [0.1, 0.15) is 5.82 Å². The lowest BCUT2D eigenvalue weighted by atomic mass is 10.0. The zero-order valence-electron chi connectivity index (χ0n) is 12.8. The van der Waals surface area contributed by atoms with E-state index in [2.05, 4.69) is 17.4 Å². The smallest absolute Gasteiger partial charge is 0.129 e. The van der Waals surface area contributed by atoms with Crippen LogP contribution in [0.1, 0.15) is 28.3 Å². The minimum atomic E-state index is -0.116. The summed E-state index contributed by atoms with van der Waals surface area (Å²) in [5, 5.41) is 3.48. The predicted octanol–water partition coefficient (Wildman–Crippen LogP) is 3.92. The molecular weight excluding hydrogens is 265 g/mol.